The zero-order chi connectivity index (χ0) is 25.3. The molecule has 0 radical (unpaired) electrons. The van der Waals surface area contributed by atoms with Crippen LogP contribution in [0, 0.1) is 5.92 Å². The van der Waals surface area contributed by atoms with Gasteiger partial charge in [-0.2, -0.15) is 13.2 Å². The number of nitrogens with zero attached hydrogens (tertiary/aromatic N) is 1. The fourth-order valence-corrected chi connectivity index (χ4v) is 3.99. The van der Waals surface area contributed by atoms with Crippen molar-refractivity contribution in [2.24, 2.45) is 5.92 Å². The molecule has 2 N–H and O–H groups in total. The van der Waals surface area contributed by atoms with Gasteiger partial charge in [0.15, 0.2) is 0 Å². The monoisotopic (exact) mass is 489 g/mol. The predicted molar refractivity (Wildman–Crippen MR) is 132 cm³/mol. The summed E-state index contributed by atoms with van der Waals surface area (Å²) in [5, 5.41) is 6.43. The van der Waals surface area contributed by atoms with Crippen molar-refractivity contribution in [3.05, 3.63) is 95.6 Å². The van der Waals surface area contributed by atoms with Gasteiger partial charge in [-0.05, 0) is 60.2 Å². The molecule has 1 aromatic heterocycles. The second-order valence-corrected chi connectivity index (χ2v) is 8.81. The number of carbonyl (C=O) groups excluding carboxylic acids is 2. The van der Waals surface area contributed by atoms with Crippen molar-refractivity contribution in [3.63, 3.8) is 0 Å². The molecule has 1 heterocycles. The number of carbonyl (C=O) groups is 2. The second-order valence-electron chi connectivity index (χ2n) is 8.81. The van der Waals surface area contributed by atoms with Crippen LogP contribution in [0.1, 0.15) is 39.1 Å². The fraction of sp³-hybridized carbons (Fsp3) is 0.179. The Labute approximate surface area is 205 Å². The summed E-state index contributed by atoms with van der Waals surface area (Å²) < 4.78 is 39.0. The van der Waals surface area contributed by atoms with Crippen molar-refractivity contribution >= 4 is 28.5 Å². The molecule has 3 aromatic carbocycles. The maximum atomic E-state index is 13.4. The van der Waals surface area contributed by atoms with Crippen LogP contribution in [0.4, 0.5) is 19.0 Å². The first-order valence-corrected chi connectivity index (χ1v) is 11.6. The van der Waals surface area contributed by atoms with Crippen molar-refractivity contribution in [1.82, 2.24) is 10.3 Å². The van der Waals surface area contributed by atoms with Crippen molar-refractivity contribution in [2.45, 2.75) is 19.0 Å². The Morgan fingerprint density at radius 3 is 2.28 bits per heavy atom. The van der Waals surface area contributed by atoms with Crippen LogP contribution in [0.25, 0.3) is 22.0 Å². The standard InChI is InChI=1S/C28H22F3N3O2/c29-28(30,31)20-13-11-18(12-14-20)21-6-2-3-7-22(21)27(36)34-25-23(26(35)32-16-17-9-10-17)15-19-5-1-4-8-24(19)33-25/h1-8,11-15,17H,9-10,16H2,(H,32,35)(H,33,34,36). The lowest BCUT2D eigenvalue weighted by molar-refractivity contribution is -0.137. The Morgan fingerprint density at radius 1 is 0.861 bits per heavy atom. The number of benzene rings is 3. The molecular formula is C28H22F3N3O2. The molecule has 0 saturated heterocycles. The highest BCUT2D eigenvalue weighted by Crippen LogP contribution is 2.32. The van der Waals surface area contributed by atoms with Gasteiger partial charge in [0, 0.05) is 17.5 Å². The Hall–Kier alpha value is -4.20. The molecule has 5 nitrogen and oxygen atoms in total. The van der Waals surface area contributed by atoms with Crippen LogP contribution in [0.3, 0.4) is 0 Å². The average molecular weight is 489 g/mol. The van der Waals surface area contributed by atoms with Gasteiger partial charge in [0.2, 0.25) is 0 Å². The van der Waals surface area contributed by atoms with Gasteiger partial charge in [-0.1, -0.05) is 48.5 Å². The Bertz CT molecular complexity index is 1440. The topological polar surface area (TPSA) is 71.1 Å². The number of anilines is 1. The minimum atomic E-state index is -4.45. The number of para-hydroxylation sites is 1. The number of hydrogen-bond acceptors (Lipinski definition) is 3. The number of amides is 2. The van der Waals surface area contributed by atoms with Crippen molar-refractivity contribution in [3.8, 4) is 11.1 Å². The number of alkyl halides is 3. The minimum absolute atomic E-state index is 0.120. The third-order valence-electron chi connectivity index (χ3n) is 6.14. The Kier molecular flexibility index (Phi) is 6.18. The molecule has 0 atom stereocenters. The number of nitrogens with one attached hydrogen (secondary N) is 2. The van der Waals surface area contributed by atoms with Crippen LogP contribution < -0.4 is 10.6 Å². The molecule has 4 aromatic rings. The third kappa shape index (κ3) is 5.07. The summed E-state index contributed by atoms with van der Waals surface area (Å²) in [6.45, 7) is 0.565. The molecule has 0 unspecified atom stereocenters. The van der Waals surface area contributed by atoms with E-state index in [4.69, 9.17) is 0 Å². The summed E-state index contributed by atoms with van der Waals surface area (Å²) in [6.07, 6.45) is -2.28. The zero-order valence-corrected chi connectivity index (χ0v) is 19.1. The first-order valence-electron chi connectivity index (χ1n) is 11.6. The fourth-order valence-electron chi connectivity index (χ4n) is 3.99. The molecular weight excluding hydrogens is 467 g/mol. The van der Waals surface area contributed by atoms with E-state index >= 15 is 0 Å². The van der Waals surface area contributed by atoms with E-state index in [0.29, 0.717) is 29.1 Å². The number of hydrogen-bond donors (Lipinski definition) is 2. The lowest BCUT2D eigenvalue weighted by Crippen LogP contribution is -2.27. The molecule has 1 aliphatic rings. The van der Waals surface area contributed by atoms with Crippen LogP contribution in [0.5, 0.6) is 0 Å². The summed E-state index contributed by atoms with van der Waals surface area (Å²) in [7, 11) is 0. The van der Waals surface area contributed by atoms with Crippen LogP contribution in [-0.2, 0) is 6.18 Å². The molecule has 0 spiro atoms. The van der Waals surface area contributed by atoms with Gasteiger partial charge < -0.3 is 10.6 Å². The first-order chi connectivity index (χ1) is 17.3. The second kappa shape index (κ2) is 9.45. The van der Waals surface area contributed by atoms with E-state index in [-0.39, 0.29) is 22.9 Å². The number of aromatic nitrogens is 1. The minimum Gasteiger partial charge on any atom is -0.352 e. The van der Waals surface area contributed by atoms with Crippen LogP contribution in [-0.4, -0.2) is 23.3 Å². The highest BCUT2D eigenvalue weighted by molar-refractivity contribution is 6.12. The van der Waals surface area contributed by atoms with Crippen molar-refractivity contribution in [1.29, 1.82) is 0 Å². The molecule has 182 valence electrons. The van der Waals surface area contributed by atoms with Gasteiger partial charge in [0.05, 0.1) is 16.6 Å². The molecule has 8 heteroatoms. The van der Waals surface area contributed by atoms with E-state index in [1.807, 2.05) is 18.2 Å². The quantitative estimate of drug-likeness (QED) is 0.333. The number of pyridine rings is 1. The molecule has 1 saturated carbocycles. The summed E-state index contributed by atoms with van der Waals surface area (Å²) in [4.78, 5) is 30.9. The van der Waals surface area contributed by atoms with Crippen molar-refractivity contribution < 1.29 is 22.8 Å². The van der Waals surface area contributed by atoms with E-state index in [0.717, 1.165) is 30.4 Å². The van der Waals surface area contributed by atoms with Crippen LogP contribution in [0.2, 0.25) is 0 Å². The third-order valence-corrected chi connectivity index (χ3v) is 6.14. The normalized spacial score (nSPS) is 13.4. The molecule has 0 bridgehead atoms. The SMILES string of the molecule is O=C(Nc1nc2ccccc2cc1C(=O)NCC1CC1)c1ccccc1-c1ccc(C(F)(F)F)cc1. The zero-order valence-electron chi connectivity index (χ0n) is 19.1. The molecule has 0 aliphatic heterocycles. The summed E-state index contributed by atoms with van der Waals surface area (Å²) in [5.41, 5.74) is 1.26. The summed E-state index contributed by atoms with van der Waals surface area (Å²) in [5.74, 6) is -0.249. The van der Waals surface area contributed by atoms with Gasteiger partial charge in [0.1, 0.15) is 5.82 Å². The first kappa shape index (κ1) is 23.5. The maximum Gasteiger partial charge on any atom is 0.416 e. The highest BCUT2D eigenvalue weighted by Gasteiger charge is 2.30. The van der Waals surface area contributed by atoms with Crippen LogP contribution in [0.15, 0.2) is 78.9 Å². The molecule has 1 aliphatic carbocycles. The van der Waals surface area contributed by atoms with Gasteiger partial charge >= 0.3 is 6.18 Å². The average Bonchev–Trinajstić information content (AvgIpc) is 3.71. The Balaban J connectivity index is 1.47. The van der Waals surface area contributed by atoms with E-state index in [1.54, 1.807) is 36.4 Å². The summed E-state index contributed by atoms with van der Waals surface area (Å²) in [6, 6.07) is 20.2. The smallest absolute Gasteiger partial charge is 0.352 e. The lowest BCUT2D eigenvalue weighted by atomic mass is 9.98. The molecule has 5 rings (SSSR count). The van der Waals surface area contributed by atoms with Gasteiger partial charge in [-0.3, -0.25) is 9.59 Å². The lowest BCUT2D eigenvalue weighted by Gasteiger charge is -2.14. The van der Waals surface area contributed by atoms with E-state index in [1.165, 1.54) is 12.1 Å². The molecule has 1 fully saturated rings. The van der Waals surface area contributed by atoms with E-state index in [9.17, 15) is 22.8 Å². The largest absolute Gasteiger partial charge is 0.416 e. The summed E-state index contributed by atoms with van der Waals surface area (Å²) >= 11 is 0. The molecule has 36 heavy (non-hydrogen) atoms. The van der Waals surface area contributed by atoms with E-state index < -0.39 is 17.6 Å². The van der Waals surface area contributed by atoms with Gasteiger partial charge in [0.25, 0.3) is 11.8 Å². The number of halogens is 3. The van der Waals surface area contributed by atoms with Crippen LogP contribution >= 0.6 is 0 Å². The highest BCUT2D eigenvalue weighted by atomic mass is 19.4. The number of fused-ring (bicyclic) bond motifs is 1. The van der Waals surface area contributed by atoms with Crippen molar-refractivity contribution in [2.75, 3.05) is 11.9 Å². The predicted octanol–water partition coefficient (Wildman–Crippen LogP) is 6.31. The number of rotatable bonds is 6. The Morgan fingerprint density at radius 2 is 1.56 bits per heavy atom. The van der Waals surface area contributed by atoms with E-state index in [2.05, 4.69) is 15.6 Å². The molecule has 2 amide bonds. The van der Waals surface area contributed by atoms with Gasteiger partial charge in [-0.15, -0.1) is 0 Å². The maximum absolute atomic E-state index is 13.4. The van der Waals surface area contributed by atoms with Gasteiger partial charge in [-0.25, -0.2) is 4.98 Å².